The van der Waals surface area contributed by atoms with Gasteiger partial charge in [-0.05, 0) is 37.0 Å². The Labute approximate surface area is 187 Å². The number of benzene rings is 2. The molecule has 2 aromatic rings. The average Bonchev–Trinajstić information content (AvgIpc) is 2.79. The number of ether oxygens (including phenoxy) is 1. The molecule has 0 bridgehead atoms. The van der Waals surface area contributed by atoms with Crippen LogP contribution in [0.4, 0.5) is 4.79 Å². The summed E-state index contributed by atoms with van der Waals surface area (Å²) < 4.78 is 5.48. The van der Waals surface area contributed by atoms with Crippen molar-refractivity contribution in [1.82, 2.24) is 10.2 Å². The number of rotatable bonds is 7. The zero-order chi connectivity index (χ0) is 23.1. The normalized spacial score (nSPS) is 15.8. The van der Waals surface area contributed by atoms with Gasteiger partial charge in [0.1, 0.15) is 18.7 Å². The third-order valence-corrected chi connectivity index (χ3v) is 5.37. The molecule has 1 heterocycles. The van der Waals surface area contributed by atoms with Gasteiger partial charge in [-0.25, -0.2) is 9.59 Å². The van der Waals surface area contributed by atoms with E-state index in [-0.39, 0.29) is 26.0 Å². The van der Waals surface area contributed by atoms with Crippen LogP contribution in [0, 0.1) is 0 Å². The van der Waals surface area contributed by atoms with E-state index in [1.54, 1.807) is 6.08 Å². The molecule has 0 saturated carbocycles. The number of amides is 2. The lowest BCUT2D eigenvalue weighted by Gasteiger charge is -2.35. The van der Waals surface area contributed by atoms with Crippen LogP contribution in [0.1, 0.15) is 37.0 Å². The molecule has 1 aliphatic heterocycles. The first-order valence-electron chi connectivity index (χ1n) is 10.6. The van der Waals surface area contributed by atoms with Gasteiger partial charge in [-0.15, -0.1) is 0 Å². The number of carboxylic acids is 1. The molecule has 0 spiro atoms. The first-order valence-corrected chi connectivity index (χ1v) is 10.6. The first kappa shape index (κ1) is 23.1. The van der Waals surface area contributed by atoms with E-state index in [0.29, 0.717) is 0 Å². The van der Waals surface area contributed by atoms with Gasteiger partial charge >= 0.3 is 12.1 Å². The van der Waals surface area contributed by atoms with Crippen molar-refractivity contribution in [2.45, 2.75) is 51.9 Å². The second-order valence-electron chi connectivity index (χ2n) is 8.07. The first-order chi connectivity index (χ1) is 15.3. The Morgan fingerprint density at radius 3 is 2.41 bits per heavy atom. The predicted octanol–water partition coefficient (Wildman–Crippen LogP) is 3.68. The van der Waals surface area contributed by atoms with Crippen LogP contribution < -0.4 is 5.32 Å². The fraction of sp³-hybridized carbons (Fsp3) is 0.320. The molecule has 7 nitrogen and oxygen atoms in total. The Morgan fingerprint density at radius 1 is 1.09 bits per heavy atom. The minimum absolute atomic E-state index is 0.0878. The van der Waals surface area contributed by atoms with Crippen molar-refractivity contribution in [2.24, 2.45) is 0 Å². The summed E-state index contributed by atoms with van der Waals surface area (Å²) in [4.78, 5) is 39.1. The molecule has 2 N–H and O–H groups in total. The van der Waals surface area contributed by atoms with E-state index in [1.165, 1.54) is 4.90 Å². The highest BCUT2D eigenvalue weighted by Crippen LogP contribution is 2.24. The minimum atomic E-state index is -1.12. The summed E-state index contributed by atoms with van der Waals surface area (Å²) in [6.07, 6.45) is 1.61. The minimum Gasteiger partial charge on any atom is -0.480 e. The molecule has 2 aromatic carbocycles. The van der Waals surface area contributed by atoms with Gasteiger partial charge in [0.05, 0.1) is 6.54 Å². The quantitative estimate of drug-likeness (QED) is 0.646. The Kier molecular flexibility index (Phi) is 7.65. The van der Waals surface area contributed by atoms with Crippen molar-refractivity contribution in [2.75, 3.05) is 0 Å². The lowest BCUT2D eigenvalue weighted by Crippen LogP contribution is -2.55. The molecule has 0 aromatic heterocycles. The van der Waals surface area contributed by atoms with Gasteiger partial charge in [0.15, 0.2) is 0 Å². The Hall–Kier alpha value is -3.61. The summed E-state index contributed by atoms with van der Waals surface area (Å²) in [5.74, 6) is -1.63. The maximum atomic E-state index is 13.1. The number of carboxylic acid groups (broad SMARTS) is 1. The molecule has 0 radical (unpaired) electrons. The number of fused-ring (bicyclic) bond motifs is 1. The van der Waals surface area contributed by atoms with Crippen molar-refractivity contribution < 1.29 is 24.2 Å². The lowest BCUT2D eigenvalue weighted by molar-refractivity contribution is -0.142. The molecule has 1 aliphatic rings. The molecule has 168 valence electrons. The average molecular weight is 437 g/mol. The Balaban J connectivity index is 1.78. The molecule has 32 heavy (non-hydrogen) atoms. The van der Waals surface area contributed by atoms with Gasteiger partial charge in [-0.3, -0.25) is 9.69 Å². The highest BCUT2D eigenvalue weighted by molar-refractivity contribution is 5.90. The number of allylic oxidation sites excluding steroid dienone is 1. The predicted molar refractivity (Wildman–Crippen MR) is 120 cm³/mol. The largest absolute Gasteiger partial charge is 0.480 e. The molecule has 2 amide bonds. The molecular weight excluding hydrogens is 408 g/mol. The van der Waals surface area contributed by atoms with Crippen molar-refractivity contribution in [3.63, 3.8) is 0 Å². The summed E-state index contributed by atoms with van der Waals surface area (Å²) in [5, 5.41) is 12.1. The number of aliphatic carboxylic acids is 1. The topological polar surface area (TPSA) is 95.9 Å². The van der Waals surface area contributed by atoms with Gasteiger partial charge in [0.25, 0.3) is 0 Å². The maximum Gasteiger partial charge on any atom is 0.411 e. The zero-order valence-corrected chi connectivity index (χ0v) is 18.3. The fourth-order valence-electron chi connectivity index (χ4n) is 3.59. The van der Waals surface area contributed by atoms with Crippen LogP contribution in [0.3, 0.4) is 0 Å². The van der Waals surface area contributed by atoms with Crippen LogP contribution in [-0.2, 0) is 33.9 Å². The van der Waals surface area contributed by atoms with E-state index < -0.39 is 30.1 Å². The second kappa shape index (κ2) is 10.6. The summed E-state index contributed by atoms with van der Waals surface area (Å²) in [6.45, 7) is 4.03. The fourth-order valence-corrected chi connectivity index (χ4v) is 3.59. The number of carbonyl (C=O) groups excluding carboxylic acids is 2. The van der Waals surface area contributed by atoms with Gasteiger partial charge in [-0.2, -0.15) is 0 Å². The maximum absolute atomic E-state index is 13.1. The molecule has 0 unspecified atom stereocenters. The van der Waals surface area contributed by atoms with Crippen LogP contribution in [0.15, 0.2) is 66.2 Å². The molecule has 7 heteroatoms. The monoisotopic (exact) mass is 436 g/mol. The molecule has 0 aliphatic carbocycles. The number of hydrogen-bond donors (Lipinski definition) is 2. The van der Waals surface area contributed by atoms with Gasteiger partial charge in [0.2, 0.25) is 5.91 Å². The summed E-state index contributed by atoms with van der Waals surface area (Å²) >= 11 is 0. The van der Waals surface area contributed by atoms with Crippen LogP contribution in [0.25, 0.3) is 0 Å². The smallest absolute Gasteiger partial charge is 0.411 e. The summed E-state index contributed by atoms with van der Waals surface area (Å²) in [6, 6.07) is 15.0. The molecule has 3 rings (SSSR count). The van der Waals surface area contributed by atoms with Crippen molar-refractivity contribution >= 4 is 18.0 Å². The van der Waals surface area contributed by atoms with Crippen molar-refractivity contribution in [1.29, 1.82) is 0 Å². The van der Waals surface area contributed by atoms with Crippen LogP contribution in [0.2, 0.25) is 0 Å². The molecule has 2 atom stereocenters. The Morgan fingerprint density at radius 2 is 1.75 bits per heavy atom. The number of nitrogens with zero attached hydrogens (tertiary/aromatic N) is 1. The SMILES string of the molecule is CC(C)=CC[C@H](NC(=O)[C@@H]1Cc2ccccc2CN1C(=O)OCc1ccccc1)C(=O)O. The summed E-state index contributed by atoms with van der Waals surface area (Å²) in [5.41, 5.74) is 3.69. The molecular formula is C25H28N2O5. The van der Waals surface area contributed by atoms with Crippen LogP contribution in [0.5, 0.6) is 0 Å². The number of nitrogens with one attached hydrogen (secondary N) is 1. The highest BCUT2D eigenvalue weighted by Gasteiger charge is 2.37. The van der Waals surface area contributed by atoms with Crippen molar-refractivity contribution in [3.05, 3.63) is 82.9 Å². The van der Waals surface area contributed by atoms with Crippen LogP contribution >= 0.6 is 0 Å². The molecule has 0 saturated heterocycles. The number of carbonyl (C=O) groups is 3. The highest BCUT2D eigenvalue weighted by atomic mass is 16.6. The van der Waals surface area contributed by atoms with E-state index in [1.807, 2.05) is 68.4 Å². The van der Waals surface area contributed by atoms with Crippen LogP contribution in [-0.4, -0.2) is 40.1 Å². The second-order valence-corrected chi connectivity index (χ2v) is 8.07. The molecule has 0 fully saturated rings. The lowest BCUT2D eigenvalue weighted by atomic mass is 9.93. The number of hydrogen-bond acceptors (Lipinski definition) is 4. The third-order valence-electron chi connectivity index (χ3n) is 5.37. The van der Waals surface area contributed by atoms with Gasteiger partial charge in [-0.1, -0.05) is 66.2 Å². The zero-order valence-electron chi connectivity index (χ0n) is 18.3. The Bertz CT molecular complexity index is 998. The third kappa shape index (κ3) is 5.97. The van der Waals surface area contributed by atoms with E-state index in [2.05, 4.69) is 5.32 Å². The van der Waals surface area contributed by atoms with Crippen molar-refractivity contribution in [3.8, 4) is 0 Å². The van der Waals surface area contributed by atoms with Gasteiger partial charge < -0.3 is 15.2 Å². The van der Waals surface area contributed by atoms with E-state index in [0.717, 1.165) is 22.3 Å². The van der Waals surface area contributed by atoms with E-state index in [9.17, 15) is 19.5 Å². The summed E-state index contributed by atoms with van der Waals surface area (Å²) in [7, 11) is 0. The standard InChI is InChI=1S/C25H28N2O5/c1-17(2)12-13-21(24(29)30)26-23(28)22-14-19-10-6-7-11-20(19)15-27(22)25(31)32-16-18-8-4-3-5-9-18/h3-12,21-22H,13-16H2,1-2H3,(H,26,28)(H,29,30)/t21-,22-/m0/s1. The van der Waals surface area contributed by atoms with Gasteiger partial charge in [0, 0.05) is 6.42 Å². The van der Waals surface area contributed by atoms with E-state index >= 15 is 0 Å². The van der Waals surface area contributed by atoms with E-state index in [4.69, 9.17) is 4.74 Å².